The minimum Gasteiger partial charge on any atom is -0.296 e. The molecule has 3 fully saturated rings. The zero-order valence-electron chi connectivity index (χ0n) is 10.8. The minimum absolute atomic E-state index is 0.603. The molecular weight excluding hydrogens is 198 g/mol. The number of hydrogen-bond acceptors (Lipinski definition) is 3. The molecule has 3 rings (SSSR count). The van der Waals surface area contributed by atoms with E-state index in [4.69, 9.17) is 0 Å². The zero-order chi connectivity index (χ0) is 11.3. The van der Waals surface area contributed by atoms with Crippen LogP contribution in [0.1, 0.15) is 32.6 Å². The maximum Gasteiger partial charge on any atom is 0.0785 e. The largest absolute Gasteiger partial charge is 0.296 e. The van der Waals surface area contributed by atoms with Crippen LogP contribution in [0.15, 0.2) is 0 Å². The maximum absolute atomic E-state index is 3.84. The quantitative estimate of drug-likeness (QED) is 0.723. The molecule has 0 spiro atoms. The third kappa shape index (κ3) is 1.52. The van der Waals surface area contributed by atoms with Crippen LogP contribution in [0.5, 0.6) is 0 Å². The van der Waals surface area contributed by atoms with Crippen LogP contribution in [-0.2, 0) is 0 Å². The molecule has 3 heteroatoms. The van der Waals surface area contributed by atoms with Gasteiger partial charge in [0.25, 0.3) is 0 Å². The van der Waals surface area contributed by atoms with Crippen molar-refractivity contribution in [2.75, 3.05) is 20.6 Å². The molecule has 0 aromatic heterocycles. The highest BCUT2D eigenvalue weighted by Gasteiger charge is 2.48. The Morgan fingerprint density at radius 3 is 2.75 bits per heavy atom. The number of hydrogen-bond donors (Lipinski definition) is 1. The van der Waals surface area contributed by atoms with E-state index < -0.39 is 0 Å². The molecule has 16 heavy (non-hydrogen) atoms. The van der Waals surface area contributed by atoms with E-state index in [0.29, 0.717) is 18.4 Å². The third-order valence-corrected chi connectivity index (χ3v) is 4.99. The lowest BCUT2D eigenvalue weighted by atomic mass is 9.86. The summed E-state index contributed by atoms with van der Waals surface area (Å²) in [4.78, 5) is 5.10. The van der Waals surface area contributed by atoms with Crippen molar-refractivity contribution in [3.63, 3.8) is 0 Å². The first-order valence-electron chi connectivity index (χ1n) is 6.86. The number of fused-ring (bicyclic) bond motifs is 3. The molecule has 2 aliphatic heterocycles. The molecule has 3 nitrogen and oxygen atoms in total. The monoisotopic (exact) mass is 223 g/mol. The summed E-state index contributed by atoms with van der Waals surface area (Å²) in [6, 6.07) is 0.611. The third-order valence-electron chi connectivity index (χ3n) is 4.99. The van der Waals surface area contributed by atoms with Gasteiger partial charge in [-0.2, -0.15) is 0 Å². The Hall–Kier alpha value is -0.120. The van der Waals surface area contributed by atoms with Crippen LogP contribution >= 0.6 is 0 Å². The summed E-state index contributed by atoms with van der Waals surface area (Å²) in [6.45, 7) is 3.64. The van der Waals surface area contributed by atoms with Gasteiger partial charge in [0.2, 0.25) is 0 Å². The Morgan fingerprint density at radius 1 is 1.19 bits per heavy atom. The normalized spacial score (nSPS) is 48.4. The summed E-state index contributed by atoms with van der Waals surface area (Å²) < 4.78 is 0. The Kier molecular flexibility index (Phi) is 2.73. The second-order valence-electron chi connectivity index (χ2n) is 6.16. The minimum atomic E-state index is 0.603. The fourth-order valence-corrected chi connectivity index (χ4v) is 4.44. The summed E-state index contributed by atoms with van der Waals surface area (Å²) in [6.07, 6.45) is 7.10. The molecule has 0 aromatic carbocycles. The second kappa shape index (κ2) is 3.97. The van der Waals surface area contributed by atoms with Crippen molar-refractivity contribution in [3.8, 4) is 0 Å². The molecule has 0 amide bonds. The highest BCUT2D eigenvalue weighted by molar-refractivity contribution is 5.01. The summed E-state index contributed by atoms with van der Waals surface area (Å²) in [5, 5.41) is 3.84. The molecule has 0 aromatic rings. The SMILES string of the molecule is CC1NC2C3CCCC3CCN2C1N(C)C. The van der Waals surface area contributed by atoms with E-state index in [-0.39, 0.29) is 0 Å². The van der Waals surface area contributed by atoms with Crippen LogP contribution in [-0.4, -0.2) is 48.8 Å². The number of rotatable bonds is 1. The van der Waals surface area contributed by atoms with E-state index in [1.54, 1.807) is 0 Å². The summed E-state index contributed by atoms with van der Waals surface area (Å²) in [5.74, 6) is 1.95. The molecule has 0 bridgehead atoms. The van der Waals surface area contributed by atoms with Crippen LogP contribution in [0.3, 0.4) is 0 Å². The topological polar surface area (TPSA) is 18.5 Å². The smallest absolute Gasteiger partial charge is 0.0785 e. The van der Waals surface area contributed by atoms with Gasteiger partial charge in [0.15, 0.2) is 0 Å². The average molecular weight is 223 g/mol. The summed E-state index contributed by atoms with van der Waals surface area (Å²) in [7, 11) is 4.43. The molecule has 3 aliphatic rings. The van der Waals surface area contributed by atoms with Gasteiger partial charge in [-0.3, -0.25) is 15.1 Å². The summed E-state index contributed by atoms with van der Waals surface area (Å²) in [5.41, 5.74) is 0. The van der Waals surface area contributed by atoms with Crippen molar-refractivity contribution in [3.05, 3.63) is 0 Å². The number of piperidine rings is 1. The van der Waals surface area contributed by atoms with Gasteiger partial charge in [-0.15, -0.1) is 0 Å². The molecule has 1 saturated carbocycles. The zero-order valence-corrected chi connectivity index (χ0v) is 10.8. The first-order chi connectivity index (χ1) is 7.68. The van der Waals surface area contributed by atoms with E-state index in [1.165, 1.54) is 32.2 Å². The summed E-state index contributed by atoms with van der Waals surface area (Å²) >= 11 is 0. The van der Waals surface area contributed by atoms with E-state index in [0.717, 1.165) is 11.8 Å². The van der Waals surface area contributed by atoms with Gasteiger partial charge < -0.3 is 0 Å². The first kappa shape index (κ1) is 11.0. The van der Waals surface area contributed by atoms with Crippen LogP contribution in [0.25, 0.3) is 0 Å². The van der Waals surface area contributed by atoms with E-state index in [9.17, 15) is 0 Å². The van der Waals surface area contributed by atoms with Crippen molar-refractivity contribution in [1.82, 2.24) is 15.1 Å². The van der Waals surface area contributed by atoms with Crippen molar-refractivity contribution in [1.29, 1.82) is 0 Å². The lowest BCUT2D eigenvalue weighted by molar-refractivity contribution is 0.0161. The van der Waals surface area contributed by atoms with Crippen molar-refractivity contribution in [2.45, 2.75) is 51.0 Å². The van der Waals surface area contributed by atoms with Crippen LogP contribution in [0.4, 0.5) is 0 Å². The Bertz CT molecular complexity index is 266. The molecule has 92 valence electrons. The first-order valence-corrected chi connectivity index (χ1v) is 6.86. The van der Waals surface area contributed by atoms with Gasteiger partial charge in [0, 0.05) is 12.6 Å². The van der Waals surface area contributed by atoms with Gasteiger partial charge in [0.1, 0.15) is 0 Å². The average Bonchev–Trinajstić information content (AvgIpc) is 2.78. The molecule has 2 saturated heterocycles. The van der Waals surface area contributed by atoms with Gasteiger partial charge in [-0.1, -0.05) is 12.8 Å². The van der Waals surface area contributed by atoms with E-state index in [1.807, 2.05) is 0 Å². The molecular formula is C13H25N3. The number of likely N-dealkylation sites (N-methyl/N-ethyl adjacent to an activating group) is 1. The highest BCUT2D eigenvalue weighted by atomic mass is 15.5. The Morgan fingerprint density at radius 2 is 2.00 bits per heavy atom. The predicted molar refractivity (Wildman–Crippen MR) is 66.0 cm³/mol. The van der Waals surface area contributed by atoms with Crippen LogP contribution < -0.4 is 5.32 Å². The van der Waals surface area contributed by atoms with Gasteiger partial charge in [0.05, 0.1) is 12.3 Å². The van der Waals surface area contributed by atoms with Crippen molar-refractivity contribution < 1.29 is 0 Å². The van der Waals surface area contributed by atoms with E-state index in [2.05, 4.69) is 36.1 Å². The second-order valence-corrected chi connectivity index (χ2v) is 6.16. The molecule has 5 atom stereocenters. The van der Waals surface area contributed by atoms with Gasteiger partial charge in [-0.25, -0.2) is 0 Å². The van der Waals surface area contributed by atoms with Gasteiger partial charge in [-0.05, 0) is 45.7 Å². The predicted octanol–water partition coefficient (Wildman–Crippen LogP) is 1.31. The molecule has 1 aliphatic carbocycles. The molecule has 2 heterocycles. The Balaban J connectivity index is 1.81. The standard InChI is InChI=1S/C13H25N3/c1-9-13(15(2)3)16-8-7-10-5-4-6-11(10)12(16)14-9/h9-14H,4-8H2,1-3H3. The lowest BCUT2D eigenvalue weighted by Gasteiger charge is -2.42. The van der Waals surface area contributed by atoms with Gasteiger partial charge >= 0.3 is 0 Å². The van der Waals surface area contributed by atoms with Crippen LogP contribution in [0, 0.1) is 11.8 Å². The maximum atomic E-state index is 3.84. The van der Waals surface area contributed by atoms with Crippen molar-refractivity contribution in [2.24, 2.45) is 11.8 Å². The molecule has 0 radical (unpaired) electrons. The van der Waals surface area contributed by atoms with Crippen LogP contribution in [0.2, 0.25) is 0 Å². The van der Waals surface area contributed by atoms with Crippen molar-refractivity contribution >= 4 is 0 Å². The highest BCUT2D eigenvalue weighted by Crippen LogP contribution is 2.43. The molecule has 1 N–H and O–H groups in total. The number of nitrogens with one attached hydrogen (secondary N) is 1. The fraction of sp³-hybridized carbons (Fsp3) is 1.00. The fourth-order valence-electron chi connectivity index (χ4n) is 4.44. The molecule has 5 unspecified atom stereocenters. The lowest BCUT2D eigenvalue weighted by Crippen LogP contribution is -2.53. The van der Waals surface area contributed by atoms with E-state index >= 15 is 0 Å². The Labute approximate surface area is 99.2 Å². The number of nitrogens with zero attached hydrogens (tertiary/aromatic N) is 2.